The molecule has 0 bridgehead atoms. The van der Waals surface area contributed by atoms with Crippen LogP contribution in [0.15, 0.2) is 48.5 Å². The number of H-pyrrole nitrogens is 1. The van der Waals surface area contributed by atoms with E-state index in [4.69, 9.17) is 0 Å². The molecule has 0 radical (unpaired) electrons. The number of para-hydroxylation sites is 1. The largest absolute Gasteiger partial charge is 0.356 e. The van der Waals surface area contributed by atoms with Gasteiger partial charge >= 0.3 is 0 Å². The number of rotatable bonds is 3. The second kappa shape index (κ2) is 6.57. The van der Waals surface area contributed by atoms with E-state index in [2.05, 4.69) is 22.0 Å². The van der Waals surface area contributed by atoms with E-state index in [0.29, 0.717) is 12.1 Å². The summed E-state index contributed by atoms with van der Waals surface area (Å²) in [6.45, 7) is 1.39. The first-order valence-electron chi connectivity index (χ1n) is 8.85. The molecule has 26 heavy (non-hydrogen) atoms. The first kappa shape index (κ1) is 16.8. The SMILES string of the molecule is CN(C)CC1c2[nH]c3ccccc3c2CCN1C(=O)c1ccc(F)cc1. The zero-order valence-corrected chi connectivity index (χ0v) is 15.0. The van der Waals surface area contributed by atoms with Crippen LogP contribution in [0.2, 0.25) is 0 Å². The van der Waals surface area contributed by atoms with Crippen LogP contribution in [0.25, 0.3) is 10.9 Å². The van der Waals surface area contributed by atoms with Crippen molar-refractivity contribution >= 4 is 16.8 Å². The number of amides is 1. The lowest BCUT2D eigenvalue weighted by Gasteiger charge is -2.37. The lowest BCUT2D eigenvalue weighted by atomic mass is 9.96. The Hall–Kier alpha value is -2.66. The maximum absolute atomic E-state index is 13.2. The average Bonchev–Trinajstić information content (AvgIpc) is 3.01. The third kappa shape index (κ3) is 2.88. The fraction of sp³-hybridized carbons (Fsp3) is 0.286. The number of nitrogens with one attached hydrogen (secondary N) is 1. The van der Waals surface area contributed by atoms with Gasteiger partial charge in [0.1, 0.15) is 5.82 Å². The highest BCUT2D eigenvalue weighted by atomic mass is 19.1. The van der Waals surface area contributed by atoms with Gasteiger partial charge in [0.05, 0.1) is 6.04 Å². The molecule has 1 amide bonds. The van der Waals surface area contributed by atoms with Crippen LogP contribution in [-0.4, -0.2) is 47.9 Å². The average molecular weight is 351 g/mol. The van der Waals surface area contributed by atoms with Gasteiger partial charge in [0.15, 0.2) is 0 Å². The molecule has 1 N–H and O–H groups in total. The summed E-state index contributed by atoms with van der Waals surface area (Å²) < 4.78 is 13.2. The van der Waals surface area contributed by atoms with Gasteiger partial charge in [0.25, 0.3) is 5.91 Å². The third-order valence-corrected chi connectivity index (χ3v) is 5.05. The van der Waals surface area contributed by atoms with E-state index in [1.165, 1.54) is 23.1 Å². The number of halogens is 1. The predicted octanol–water partition coefficient (Wildman–Crippen LogP) is 3.61. The highest BCUT2D eigenvalue weighted by molar-refractivity contribution is 5.95. The zero-order chi connectivity index (χ0) is 18.3. The molecule has 0 saturated heterocycles. The van der Waals surface area contributed by atoms with Crippen LogP contribution in [-0.2, 0) is 6.42 Å². The van der Waals surface area contributed by atoms with Crippen molar-refractivity contribution in [1.29, 1.82) is 0 Å². The van der Waals surface area contributed by atoms with Gasteiger partial charge in [-0.05, 0) is 56.4 Å². The first-order chi connectivity index (χ1) is 12.5. The summed E-state index contributed by atoms with van der Waals surface area (Å²) in [5.74, 6) is -0.385. The number of hydrogen-bond donors (Lipinski definition) is 1. The number of nitrogens with zero attached hydrogens (tertiary/aromatic N) is 2. The summed E-state index contributed by atoms with van der Waals surface area (Å²) in [6, 6.07) is 14.0. The first-order valence-corrected chi connectivity index (χ1v) is 8.85. The van der Waals surface area contributed by atoms with Crippen molar-refractivity contribution in [2.45, 2.75) is 12.5 Å². The Morgan fingerprint density at radius 3 is 2.65 bits per heavy atom. The molecule has 4 rings (SSSR count). The van der Waals surface area contributed by atoms with E-state index >= 15 is 0 Å². The number of benzene rings is 2. The monoisotopic (exact) mass is 351 g/mol. The molecule has 5 heteroatoms. The van der Waals surface area contributed by atoms with Crippen molar-refractivity contribution in [1.82, 2.24) is 14.8 Å². The zero-order valence-electron chi connectivity index (χ0n) is 15.0. The number of carbonyl (C=O) groups is 1. The van der Waals surface area contributed by atoms with Crippen LogP contribution in [0.5, 0.6) is 0 Å². The Labute approximate surface area is 152 Å². The molecule has 0 saturated carbocycles. The standard InChI is InChI=1S/C21H22FN3O/c1-24(2)13-19-20-17(16-5-3-4-6-18(16)23-20)11-12-25(19)21(26)14-7-9-15(22)10-8-14/h3-10,19,23H,11-13H2,1-2H3. The molecule has 134 valence electrons. The van der Waals surface area contributed by atoms with Gasteiger partial charge in [-0.2, -0.15) is 0 Å². The molecular formula is C21H22FN3O. The van der Waals surface area contributed by atoms with E-state index < -0.39 is 0 Å². The Kier molecular flexibility index (Phi) is 4.24. The summed E-state index contributed by atoms with van der Waals surface area (Å²) in [4.78, 5) is 20.6. The second-order valence-corrected chi connectivity index (χ2v) is 7.10. The number of aromatic nitrogens is 1. The van der Waals surface area contributed by atoms with Gasteiger partial charge in [0.2, 0.25) is 0 Å². The summed E-state index contributed by atoms with van der Waals surface area (Å²) in [5.41, 5.74) is 4.05. The van der Waals surface area contributed by atoms with Gasteiger partial charge in [-0.1, -0.05) is 18.2 Å². The lowest BCUT2D eigenvalue weighted by molar-refractivity contribution is 0.0624. The fourth-order valence-electron chi connectivity index (χ4n) is 3.86. The van der Waals surface area contributed by atoms with Crippen molar-refractivity contribution in [2.75, 3.05) is 27.2 Å². The summed E-state index contributed by atoms with van der Waals surface area (Å²) in [6.07, 6.45) is 0.816. The molecule has 0 spiro atoms. The smallest absolute Gasteiger partial charge is 0.254 e. The van der Waals surface area contributed by atoms with Gasteiger partial charge in [-0.25, -0.2) is 4.39 Å². The number of aromatic amines is 1. The molecule has 1 aliphatic rings. The molecule has 1 atom stereocenters. The van der Waals surface area contributed by atoms with Crippen LogP contribution in [0, 0.1) is 5.82 Å². The maximum Gasteiger partial charge on any atom is 0.254 e. The second-order valence-electron chi connectivity index (χ2n) is 7.10. The molecule has 1 unspecified atom stereocenters. The summed E-state index contributed by atoms with van der Waals surface area (Å²) in [5, 5.41) is 1.24. The number of likely N-dealkylation sites (N-methyl/N-ethyl adjacent to an activating group) is 1. The van der Waals surface area contributed by atoms with Crippen LogP contribution in [0.3, 0.4) is 0 Å². The molecule has 0 fully saturated rings. The van der Waals surface area contributed by atoms with Crippen molar-refractivity contribution in [3.05, 3.63) is 71.2 Å². The quantitative estimate of drug-likeness (QED) is 0.783. The van der Waals surface area contributed by atoms with Gasteiger partial charge < -0.3 is 14.8 Å². The minimum Gasteiger partial charge on any atom is -0.356 e. The topological polar surface area (TPSA) is 39.3 Å². The van der Waals surface area contributed by atoms with Crippen molar-refractivity contribution in [3.63, 3.8) is 0 Å². The van der Waals surface area contributed by atoms with Crippen molar-refractivity contribution in [3.8, 4) is 0 Å². The molecule has 2 aromatic carbocycles. The predicted molar refractivity (Wildman–Crippen MR) is 101 cm³/mol. The molecular weight excluding hydrogens is 329 g/mol. The minimum atomic E-state index is -0.331. The molecule has 0 aliphatic carbocycles. The van der Waals surface area contributed by atoms with Gasteiger partial charge in [0, 0.05) is 35.2 Å². The van der Waals surface area contributed by atoms with Gasteiger partial charge in [-0.15, -0.1) is 0 Å². The summed E-state index contributed by atoms with van der Waals surface area (Å²) in [7, 11) is 4.02. The number of hydrogen-bond acceptors (Lipinski definition) is 2. The lowest BCUT2D eigenvalue weighted by Crippen LogP contribution is -2.44. The van der Waals surface area contributed by atoms with Crippen LogP contribution in [0.4, 0.5) is 4.39 Å². The highest BCUT2D eigenvalue weighted by Gasteiger charge is 2.34. The van der Waals surface area contributed by atoms with Crippen LogP contribution in [0.1, 0.15) is 27.7 Å². The van der Waals surface area contributed by atoms with Gasteiger partial charge in [-0.3, -0.25) is 4.79 Å². The van der Waals surface area contributed by atoms with Crippen molar-refractivity contribution in [2.24, 2.45) is 0 Å². The molecule has 1 aliphatic heterocycles. The summed E-state index contributed by atoms with van der Waals surface area (Å²) >= 11 is 0. The molecule has 1 aromatic heterocycles. The molecule has 2 heterocycles. The Balaban J connectivity index is 1.75. The van der Waals surface area contributed by atoms with Crippen LogP contribution >= 0.6 is 0 Å². The van der Waals surface area contributed by atoms with E-state index in [0.717, 1.165) is 24.2 Å². The Morgan fingerprint density at radius 1 is 1.19 bits per heavy atom. The fourth-order valence-corrected chi connectivity index (χ4v) is 3.86. The normalized spacial score (nSPS) is 16.9. The molecule has 3 aromatic rings. The van der Waals surface area contributed by atoms with Crippen LogP contribution < -0.4 is 0 Å². The highest BCUT2D eigenvalue weighted by Crippen LogP contribution is 2.35. The van der Waals surface area contributed by atoms with E-state index in [1.807, 2.05) is 31.1 Å². The number of fused-ring (bicyclic) bond motifs is 3. The van der Waals surface area contributed by atoms with E-state index in [1.54, 1.807) is 12.1 Å². The molecule has 4 nitrogen and oxygen atoms in total. The maximum atomic E-state index is 13.2. The van der Waals surface area contributed by atoms with Crippen molar-refractivity contribution < 1.29 is 9.18 Å². The number of carbonyl (C=O) groups excluding carboxylic acids is 1. The Bertz CT molecular complexity index is 946. The third-order valence-electron chi connectivity index (χ3n) is 5.05. The minimum absolute atomic E-state index is 0.0545. The van der Waals surface area contributed by atoms with E-state index in [9.17, 15) is 9.18 Å². The van der Waals surface area contributed by atoms with E-state index in [-0.39, 0.29) is 17.8 Å². The Morgan fingerprint density at radius 2 is 1.92 bits per heavy atom.